The van der Waals surface area contributed by atoms with Gasteiger partial charge in [-0.1, -0.05) is 29.5 Å². The first-order chi connectivity index (χ1) is 18.0. The van der Waals surface area contributed by atoms with E-state index >= 15 is 0 Å². The number of alkyl halides is 3. The highest BCUT2D eigenvalue weighted by Crippen LogP contribution is 2.33. The predicted octanol–water partition coefficient (Wildman–Crippen LogP) is 2.34. The van der Waals surface area contributed by atoms with Gasteiger partial charge in [0.1, 0.15) is 12.2 Å². The molecule has 0 bridgehead atoms. The summed E-state index contributed by atoms with van der Waals surface area (Å²) in [6, 6.07) is 11.5. The zero-order valence-corrected chi connectivity index (χ0v) is 20.0. The van der Waals surface area contributed by atoms with Crippen LogP contribution < -0.4 is 16.6 Å². The topological polar surface area (TPSA) is 122 Å². The molecule has 0 saturated carbocycles. The van der Waals surface area contributed by atoms with Gasteiger partial charge < -0.3 is 9.88 Å². The van der Waals surface area contributed by atoms with Crippen molar-refractivity contribution in [2.75, 3.05) is 5.32 Å². The van der Waals surface area contributed by atoms with E-state index in [0.717, 1.165) is 15.3 Å². The lowest BCUT2D eigenvalue weighted by molar-refractivity contribution is -0.137. The monoisotopic (exact) mass is 524 g/mol. The van der Waals surface area contributed by atoms with Gasteiger partial charge in [0.05, 0.1) is 23.8 Å². The van der Waals surface area contributed by atoms with Crippen LogP contribution in [0.25, 0.3) is 28.1 Å². The number of carbonyl (C=O) groups excluding carboxylic acids is 1. The van der Waals surface area contributed by atoms with Gasteiger partial charge in [-0.25, -0.2) is 14.5 Å². The molecule has 5 rings (SSSR count). The fourth-order valence-electron chi connectivity index (χ4n) is 4.02. The molecule has 11 nitrogen and oxygen atoms in total. The Morgan fingerprint density at radius 1 is 1.00 bits per heavy atom. The van der Waals surface area contributed by atoms with Gasteiger partial charge in [-0.2, -0.15) is 13.2 Å². The number of fused-ring (bicyclic) bond motifs is 1. The van der Waals surface area contributed by atoms with Crippen molar-refractivity contribution in [3.63, 3.8) is 0 Å². The average Bonchev–Trinajstić information content (AvgIpc) is 3.54. The van der Waals surface area contributed by atoms with Crippen molar-refractivity contribution in [3.05, 3.63) is 87.5 Å². The van der Waals surface area contributed by atoms with Crippen molar-refractivity contribution in [1.29, 1.82) is 0 Å². The van der Waals surface area contributed by atoms with E-state index in [2.05, 4.69) is 20.6 Å². The number of anilines is 1. The number of aryl methyl sites for hydroxylation is 1. The molecule has 0 fully saturated rings. The second kappa shape index (κ2) is 9.14. The number of amides is 1. The molecular formula is C24H19F3N8O3. The summed E-state index contributed by atoms with van der Waals surface area (Å²) in [5.74, 6) is -0.442. The second-order valence-electron chi connectivity index (χ2n) is 8.44. The Bertz CT molecular complexity index is 1800. The number of aromatic nitrogens is 7. The van der Waals surface area contributed by atoms with E-state index < -0.39 is 28.9 Å². The number of nitrogens with one attached hydrogen (secondary N) is 1. The van der Waals surface area contributed by atoms with Gasteiger partial charge in [-0.15, -0.1) is 5.10 Å². The molecule has 38 heavy (non-hydrogen) atoms. The van der Waals surface area contributed by atoms with Gasteiger partial charge in [-0.05, 0) is 24.3 Å². The minimum absolute atomic E-state index is 0.121. The van der Waals surface area contributed by atoms with Gasteiger partial charge in [0.15, 0.2) is 11.2 Å². The third kappa shape index (κ3) is 4.36. The van der Waals surface area contributed by atoms with E-state index in [0.29, 0.717) is 16.9 Å². The summed E-state index contributed by atoms with van der Waals surface area (Å²) >= 11 is 0. The quantitative estimate of drug-likeness (QED) is 0.377. The number of hydrogen-bond donors (Lipinski definition) is 1. The van der Waals surface area contributed by atoms with Gasteiger partial charge in [0.2, 0.25) is 5.91 Å². The zero-order valence-electron chi connectivity index (χ0n) is 20.0. The van der Waals surface area contributed by atoms with Crippen molar-refractivity contribution in [1.82, 2.24) is 33.7 Å². The molecule has 0 unspecified atom stereocenters. The van der Waals surface area contributed by atoms with Crippen LogP contribution in [0.3, 0.4) is 0 Å². The molecule has 3 heterocycles. The number of hydrogen-bond acceptors (Lipinski definition) is 6. The summed E-state index contributed by atoms with van der Waals surface area (Å²) < 4.78 is 44.6. The van der Waals surface area contributed by atoms with E-state index in [4.69, 9.17) is 0 Å². The molecule has 1 N–H and O–H groups in total. The van der Waals surface area contributed by atoms with Crippen molar-refractivity contribution in [2.45, 2.75) is 12.7 Å². The van der Waals surface area contributed by atoms with E-state index in [1.807, 2.05) is 0 Å². The Hall–Kier alpha value is -5.01. The van der Waals surface area contributed by atoms with Gasteiger partial charge >= 0.3 is 11.9 Å². The normalized spacial score (nSPS) is 11.7. The SMILES string of the molecule is Cn1c(=O)c2c(ncn2CC(=O)Nc2ccc(-c3cn(-c4ccccc4C(F)(F)F)nn3)cc2)n(C)c1=O. The minimum Gasteiger partial charge on any atom is -0.325 e. The summed E-state index contributed by atoms with van der Waals surface area (Å²) in [6.45, 7) is -0.224. The molecule has 0 spiro atoms. The van der Waals surface area contributed by atoms with Gasteiger partial charge in [0.25, 0.3) is 5.56 Å². The lowest BCUT2D eigenvalue weighted by Crippen LogP contribution is -2.37. The van der Waals surface area contributed by atoms with Crippen molar-refractivity contribution >= 4 is 22.8 Å². The number of nitrogens with zero attached hydrogens (tertiary/aromatic N) is 7. The summed E-state index contributed by atoms with van der Waals surface area (Å²) in [5, 5.41) is 10.5. The smallest absolute Gasteiger partial charge is 0.325 e. The van der Waals surface area contributed by atoms with Crippen LogP contribution >= 0.6 is 0 Å². The fraction of sp³-hybridized carbons (Fsp3) is 0.167. The Balaban J connectivity index is 1.33. The van der Waals surface area contributed by atoms with Gasteiger partial charge in [-0.3, -0.25) is 18.7 Å². The highest BCUT2D eigenvalue weighted by molar-refractivity contribution is 5.91. The maximum Gasteiger partial charge on any atom is 0.418 e. The molecule has 5 aromatic rings. The van der Waals surface area contributed by atoms with Gasteiger partial charge in [0, 0.05) is 25.3 Å². The van der Waals surface area contributed by atoms with Crippen molar-refractivity contribution in [2.24, 2.45) is 14.1 Å². The Morgan fingerprint density at radius 3 is 2.42 bits per heavy atom. The molecule has 194 valence electrons. The molecule has 1 amide bonds. The number of para-hydroxylation sites is 1. The second-order valence-corrected chi connectivity index (χ2v) is 8.44. The van der Waals surface area contributed by atoms with Crippen LogP contribution in [0, 0.1) is 0 Å². The zero-order chi connectivity index (χ0) is 27.2. The van der Waals surface area contributed by atoms with Crippen LogP contribution in [0.15, 0.2) is 70.6 Å². The third-order valence-corrected chi connectivity index (χ3v) is 5.95. The Kier molecular flexibility index (Phi) is 5.93. The molecule has 0 radical (unpaired) electrons. The third-order valence-electron chi connectivity index (χ3n) is 5.95. The first kappa shape index (κ1) is 24.7. The highest BCUT2D eigenvalue weighted by Gasteiger charge is 2.34. The first-order valence-electron chi connectivity index (χ1n) is 11.1. The first-order valence-corrected chi connectivity index (χ1v) is 11.1. The largest absolute Gasteiger partial charge is 0.418 e. The van der Waals surface area contributed by atoms with Crippen LogP contribution in [0.5, 0.6) is 0 Å². The van der Waals surface area contributed by atoms with Crippen molar-refractivity contribution < 1.29 is 18.0 Å². The van der Waals surface area contributed by atoms with Crippen LogP contribution in [0.1, 0.15) is 5.56 Å². The van der Waals surface area contributed by atoms with Crippen LogP contribution in [-0.4, -0.2) is 39.6 Å². The van der Waals surface area contributed by atoms with Crippen LogP contribution in [-0.2, 0) is 31.6 Å². The lowest BCUT2D eigenvalue weighted by atomic mass is 10.1. The number of carbonyl (C=O) groups is 1. The van der Waals surface area contributed by atoms with E-state index in [-0.39, 0.29) is 23.4 Å². The van der Waals surface area contributed by atoms with E-state index in [1.54, 1.807) is 24.3 Å². The lowest BCUT2D eigenvalue weighted by Gasteiger charge is -2.11. The molecule has 0 aliphatic rings. The summed E-state index contributed by atoms with van der Waals surface area (Å²) in [6.07, 6.45) is -1.85. The Labute approximate surface area is 211 Å². The number of rotatable bonds is 5. The predicted molar refractivity (Wildman–Crippen MR) is 131 cm³/mol. The van der Waals surface area contributed by atoms with E-state index in [1.165, 1.54) is 54.0 Å². The number of benzene rings is 2. The summed E-state index contributed by atoms with van der Waals surface area (Å²) in [4.78, 5) is 41.3. The van der Waals surface area contributed by atoms with E-state index in [9.17, 15) is 27.6 Å². The van der Waals surface area contributed by atoms with Crippen LogP contribution in [0.4, 0.5) is 18.9 Å². The molecule has 0 aliphatic carbocycles. The molecule has 0 saturated heterocycles. The molecule has 14 heteroatoms. The maximum atomic E-state index is 13.3. The standard InChI is InChI=1S/C24H19F3N8O3/c1-32-21-20(22(37)33(2)23(32)38)34(13-28-21)12-19(36)29-15-9-7-14(8-10-15)17-11-35(31-30-17)18-6-4-3-5-16(18)24(25,26)27/h3-11,13H,12H2,1-2H3,(H,29,36). The Morgan fingerprint density at radius 2 is 1.71 bits per heavy atom. The summed E-state index contributed by atoms with van der Waals surface area (Å²) in [5.41, 5.74) is -0.431. The maximum absolute atomic E-state index is 13.3. The number of halogens is 3. The van der Waals surface area contributed by atoms with Crippen molar-refractivity contribution in [3.8, 4) is 16.9 Å². The fourth-order valence-corrected chi connectivity index (χ4v) is 4.02. The molecule has 3 aromatic heterocycles. The average molecular weight is 524 g/mol. The summed E-state index contributed by atoms with van der Waals surface area (Å²) in [7, 11) is 2.83. The minimum atomic E-state index is -4.55. The molecule has 2 aromatic carbocycles. The van der Waals surface area contributed by atoms with Crippen LogP contribution in [0.2, 0.25) is 0 Å². The highest BCUT2D eigenvalue weighted by atomic mass is 19.4. The molecular weight excluding hydrogens is 505 g/mol. The molecule has 0 aliphatic heterocycles. The molecule has 0 atom stereocenters. The number of imidazole rings is 1.